The zero-order chi connectivity index (χ0) is 8.43. The molecular weight excluding hydrogens is 142 g/mol. The minimum Gasteiger partial charge on any atom is -0.365 e. The summed E-state index contributed by atoms with van der Waals surface area (Å²) in [7, 11) is 3.52. The van der Waals surface area contributed by atoms with Crippen molar-refractivity contribution in [2.45, 2.75) is 32.0 Å². The van der Waals surface area contributed by atoms with Crippen molar-refractivity contribution in [3.05, 3.63) is 0 Å². The van der Waals surface area contributed by atoms with Crippen LogP contribution >= 0.6 is 0 Å². The summed E-state index contributed by atoms with van der Waals surface area (Å²) in [6, 6.07) is 0. The Morgan fingerprint density at radius 1 is 1.45 bits per heavy atom. The summed E-state index contributed by atoms with van der Waals surface area (Å²) >= 11 is 0. The van der Waals surface area contributed by atoms with Gasteiger partial charge in [-0.1, -0.05) is 0 Å². The Balaban J connectivity index is 2.43. The van der Waals surface area contributed by atoms with Gasteiger partial charge in [-0.15, -0.1) is 0 Å². The zero-order valence-electron chi connectivity index (χ0n) is 7.33. The van der Waals surface area contributed by atoms with Crippen molar-refractivity contribution in [1.82, 2.24) is 4.90 Å². The van der Waals surface area contributed by atoms with E-state index >= 15 is 0 Å². The Morgan fingerprint density at radius 3 is 2.45 bits per heavy atom. The molecule has 0 aromatic carbocycles. The second-order valence-electron chi connectivity index (χ2n) is 3.25. The van der Waals surface area contributed by atoms with E-state index in [1.165, 1.54) is 0 Å². The normalized spacial score (nSPS) is 30.5. The van der Waals surface area contributed by atoms with Crippen LogP contribution in [0.1, 0.15) is 19.8 Å². The van der Waals surface area contributed by atoms with E-state index in [4.69, 9.17) is 4.74 Å². The van der Waals surface area contributed by atoms with Crippen molar-refractivity contribution in [3.8, 4) is 0 Å². The molecule has 0 aliphatic carbocycles. The third-order valence-electron chi connectivity index (χ3n) is 1.95. The summed E-state index contributed by atoms with van der Waals surface area (Å²) in [5, 5.41) is 0. The maximum absolute atomic E-state index is 11.3. The molecule has 0 spiro atoms. The molecule has 1 heterocycles. The van der Waals surface area contributed by atoms with E-state index in [0.29, 0.717) is 0 Å². The number of likely N-dealkylation sites (N-methyl/N-ethyl adjacent to an activating group) is 1. The highest BCUT2D eigenvalue weighted by Crippen LogP contribution is 2.19. The minimum absolute atomic E-state index is 0.0920. The Labute approximate surface area is 67.3 Å². The summed E-state index contributed by atoms with van der Waals surface area (Å²) < 4.78 is 5.39. The van der Waals surface area contributed by atoms with E-state index in [1.54, 1.807) is 19.0 Å². The van der Waals surface area contributed by atoms with Gasteiger partial charge in [0.15, 0.2) is 0 Å². The molecule has 2 unspecified atom stereocenters. The van der Waals surface area contributed by atoms with Crippen molar-refractivity contribution in [1.29, 1.82) is 0 Å². The van der Waals surface area contributed by atoms with Crippen LogP contribution in [0.15, 0.2) is 0 Å². The Morgan fingerprint density at radius 2 is 2.09 bits per heavy atom. The van der Waals surface area contributed by atoms with Crippen LogP contribution in [0.5, 0.6) is 0 Å². The molecule has 11 heavy (non-hydrogen) atoms. The lowest BCUT2D eigenvalue weighted by atomic mass is 10.2. The molecule has 1 amide bonds. The van der Waals surface area contributed by atoms with Crippen LogP contribution < -0.4 is 0 Å². The molecule has 3 heteroatoms. The van der Waals surface area contributed by atoms with Gasteiger partial charge in [0.1, 0.15) is 6.10 Å². The van der Waals surface area contributed by atoms with Crippen LogP contribution in [0, 0.1) is 0 Å². The molecule has 1 saturated heterocycles. The molecule has 0 radical (unpaired) electrons. The van der Waals surface area contributed by atoms with E-state index in [1.807, 2.05) is 6.92 Å². The molecule has 1 aliphatic heterocycles. The predicted octanol–water partition coefficient (Wildman–Crippen LogP) is 0.642. The molecule has 0 bridgehead atoms. The number of carbonyl (C=O) groups is 1. The molecule has 1 aliphatic rings. The van der Waals surface area contributed by atoms with Gasteiger partial charge in [-0.3, -0.25) is 4.79 Å². The van der Waals surface area contributed by atoms with Gasteiger partial charge in [-0.2, -0.15) is 0 Å². The number of carbonyl (C=O) groups excluding carboxylic acids is 1. The zero-order valence-corrected chi connectivity index (χ0v) is 7.33. The van der Waals surface area contributed by atoms with E-state index in [9.17, 15) is 4.79 Å². The maximum Gasteiger partial charge on any atom is 0.251 e. The van der Waals surface area contributed by atoms with Gasteiger partial charge in [0.2, 0.25) is 0 Å². The lowest BCUT2D eigenvalue weighted by molar-refractivity contribution is -0.139. The van der Waals surface area contributed by atoms with Gasteiger partial charge in [0.05, 0.1) is 6.10 Å². The topological polar surface area (TPSA) is 29.5 Å². The molecule has 64 valence electrons. The van der Waals surface area contributed by atoms with Gasteiger partial charge in [0.25, 0.3) is 5.91 Å². The first kappa shape index (κ1) is 8.53. The molecule has 1 fully saturated rings. The van der Waals surface area contributed by atoms with E-state index in [2.05, 4.69) is 0 Å². The Kier molecular flexibility index (Phi) is 2.49. The summed E-state index contributed by atoms with van der Waals surface area (Å²) in [5.41, 5.74) is 0. The third kappa shape index (κ3) is 1.93. The van der Waals surface area contributed by atoms with E-state index in [0.717, 1.165) is 12.8 Å². The molecule has 3 nitrogen and oxygen atoms in total. The summed E-state index contributed by atoms with van der Waals surface area (Å²) in [6.45, 7) is 2.00. The number of rotatable bonds is 1. The largest absolute Gasteiger partial charge is 0.365 e. The van der Waals surface area contributed by atoms with Crippen molar-refractivity contribution in [3.63, 3.8) is 0 Å². The van der Waals surface area contributed by atoms with E-state index in [-0.39, 0.29) is 18.1 Å². The van der Waals surface area contributed by atoms with Gasteiger partial charge in [-0.05, 0) is 19.8 Å². The smallest absolute Gasteiger partial charge is 0.251 e. The van der Waals surface area contributed by atoms with Gasteiger partial charge < -0.3 is 9.64 Å². The first-order chi connectivity index (χ1) is 5.11. The number of hydrogen-bond donors (Lipinski definition) is 0. The monoisotopic (exact) mass is 157 g/mol. The molecule has 0 aromatic rings. The SMILES string of the molecule is CC1CCC(C(=O)N(C)C)O1. The molecule has 1 rings (SSSR count). The Hall–Kier alpha value is -0.570. The summed E-state index contributed by atoms with van der Waals surface area (Å²) in [5.74, 6) is 0.0920. The van der Waals surface area contributed by atoms with Gasteiger partial charge in [-0.25, -0.2) is 0 Å². The average molecular weight is 157 g/mol. The van der Waals surface area contributed by atoms with Gasteiger partial charge >= 0.3 is 0 Å². The molecular formula is C8H15NO2. The van der Waals surface area contributed by atoms with Crippen molar-refractivity contribution in [2.75, 3.05) is 14.1 Å². The first-order valence-electron chi connectivity index (χ1n) is 3.98. The van der Waals surface area contributed by atoms with Crippen molar-refractivity contribution < 1.29 is 9.53 Å². The molecule has 0 N–H and O–H groups in total. The highest BCUT2D eigenvalue weighted by atomic mass is 16.5. The molecule has 2 atom stereocenters. The highest BCUT2D eigenvalue weighted by molar-refractivity contribution is 5.80. The number of hydrogen-bond acceptors (Lipinski definition) is 2. The second kappa shape index (κ2) is 3.22. The third-order valence-corrected chi connectivity index (χ3v) is 1.95. The summed E-state index contributed by atoms with van der Waals surface area (Å²) in [4.78, 5) is 12.9. The quantitative estimate of drug-likeness (QED) is 0.559. The van der Waals surface area contributed by atoms with Crippen LogP contribution in [0.2, 0.25) is 0 Å². The van der Waals surface area contributed by atoms with Crippen molar-refractivity contribution >= 4 is 5.91 Å². The summed E-state index contributed by atoms with van der Waals surface area (Å²) in [6.07, 6.45) is 1.95. The lowest BCUT2D eigenvalue weighted by Crippen LogP contribution is -2.33. The standard InChI is InChI=1S/C8H15NO2/c1-6-4-5-7(11-6)8(10)9(2)3/h6-7H,4-5H2,1-3H3. The average Bonchev–Trinajstić information content (AvgIpc) is 2.34. The second-order valence-corrected chi connectivity index (χ2v) is 3.25. The first-order valence-corrected chi connectivity index (χ1v) is 3.98. The lowest BCUT2D eigenvalue weighted by Gasteiger charge is -2.15. The number of nitrogens with zero attached hydrogens (tertiary/aromatic N) is 1. The van der Waals surface area contributed by atoms with Crippen LogP contribution in [0.25, 0.3) is 0 Å². The predicted molar refractivity (Wildman–Crippen MR) is 42.3 cm³/mol. The van der Waals surface area contributed by atoms with Gasteiger partial charge in [0, 0.05) is 14.1 Å². The van der Waals surface area contributed by atoms with E-state index < -0.39 is 0 Å². The van der Waals surface area contributed by atoms with Crippen LogP contribution in [0.3, 0.4) is 0 Å². The van der Waals surface area contributed by atoms with Crippen LogP contribution in [-0.4, -0.2) is 37.1 Å². The Bertz CT molecular complexity index is 156. The van der Waals surface area contributed by atoms with Crippen LogP contribution in [-0.2, 0) is 9.53 Å². The van der Waals surface area contributed by atoms with Crippen molar-refractivity contribution in [2.24, 2.45) is 0 Å². The molecule has 0 aromatic heterocycles. The molecule has 0 saturated carbocycles. The maximum atomic E-state index is 11.3. The van der Waals surface area contributed by atoms with Crippen LogP contribution in [0.4, 0.5) is 0 Å². The highest BCUT2D eigenvalue weighted by Gasteiger charge is 2.28. The number of amides is 1. The minimum atomic E-state index is -0.181. The fourth-order valence-electron chi connectivity index (χ4n) is 1.27. The fraction of sp³-hybridized carbons (Fsp3) is 0.875. The fourth-order valence-corrected chi connectivity index (χ4v) is 1.27. The number of ether oxygens (including phenoxy) is 1.